The zero-order valence-corrected chi connectivity index (χ0v) is 11.0. The first-order valence-electron chi connectivity index (χ1n) is 5.96. The molecule has 0 aliphatic rings. The molecule has 0 heterocycles. The molecule has 0 radical (unpaired) electrons. The lowest BCUT2D eigenvalue weighted by Gasteiger charge is -2.12. The van der Waals surface area contributed by atoms with Crippen LogP contribution in [0.25, 0.3) is 0 Å². The number of allylic oxidation sites excluding steroid dienone is 1. The van der Waals surface area contributed by atoms with Crippen LogP contribution in [0.5, 0.6) is 0 Å². The number of carbonyl (C=O) groups is 1. The summed E-state index contributed by atoms with van der Waals surface area (Å²) >= 11 is 0. The van der Waals surface area contributed by atoms with Gasteiger partial charge in [0.05, 0.1) is 6.26 Å². The highest BCUT2D eigenvalue weighted by molar-refractivity contribution is 5.94. The molecule has 2 heteroatoms. The lowest BCUT2D eigenvalue weighted by molar-refractivity contribution is -0.115. The average molecular weight is 232 g/mol. The predicted octanol–water partition coefficient (Wildman–Crippen LogP) is 3.96. The number of carbonyl (C=O) groups excluding carboxylic acids is 1. The quantitative estimate of drug-likeness (QED) is 0.567. The van der Waals surface area contributed by atoms with Crippen LogP contribution >= 0.6 is 0 Å². The molecule has 0 amide bonds. The third-order valence-electron chi connectivity index (χ3n) is 2.76. The van der Waals surface area contributed by atoms with Crippen molar-refractivity contribution in [2.75, 3.05) is 0 Å². The maximum Gasteiger partial charge on any atom is 0.161 e. The van der Waals surface area contributed by atoms with E-state index in [-0.39, 0.29) is 11.9 Å². The van der Waals surface area contributed by atoms with E-state index in [1.54, 1.807) is 13.2 Å². The first-order chi connectivity index (χ1) is 8.04. The molecule has 0 saturated carbocycles. The fourth-order valence-electron chi connectivity index (χ4n) is 1.46. The largest absolute Gasteiger partial charge is 0.493 e. The Balaban J connectivity index is 2.64. The summed E-state index contributed by atoms with van der Waals surface area (Å²) in [5.41, 5.74) is 3.02. The van der Waals surface area contributed by atoms with Crippen molar-refractivity contribution in [3.05, 3.63) is 47.2 Å². The van der Waals surface area contributed by atoms with Gasteiger partial charge in [-0.15, -0.1) is 0 Å². The molecule has 0 fully saturated rings. The summed E-state index contributed by atoms with van der Waals surface area (Å²) in [6, 6.07) is 8.21. The Kier molecular flexibility index (Phi) is 4.95. The molecular formula is C15H20O2. The molecule has 92 valence electrons. The number of Topliss-reactive ketones (excluding diaryl/α,β-unsaturated/α-hetero) is 1. The Morgan fingerprint density at radius 1 is 1.35 bits per heavy atom. The van der Waals surface area contributed by atoms with Gasteiger partial charge in [0.25, 0.3) is 0 Å². The fraction of sp³-hybridized carbons (Fsp3) is 0.400. The van der Waals surface area contributed by atoms with Crippen LogP contribution in [0.15, 0.2) is 36.1 Å². The second kappa shape index (κ2) is 6.24. The van der Waals surface area contributed by atoms with E-state index in [1.165, 1.54) is 5.56 Å². The van der Waals surface area contributed by atoms with Crippen LogP contribution in [0.2, 0.25) is 0 Å². The number of hydrogen-bond donors (Lipinski definition) is 0. The van der Waals surface area contributed by atoms with Crippen LogP contribution in [0.4, 0.5) is 0 Å². The standard InChI is InChI=1S/C15H20O2/c1-5-15(16)12(3)10-17-13(4)14-8-6-11(2)7-9-14/h6-10,13H,5H2,1-4H3/b12-10+/t13-/m1/s1. The van der Waals surface area contributed by atoms with E-state index in [1.807, 2.05) is 26.0 Å². The Morgan fingerprint density at radius 3 is 2.47 bits per heavy atom. The lowest BCUT2D eigenvalue weighted by atomic mass is 10.1. The summed E-state index contributed by atoms with van der Waals surface area (Å²) in [5, 5.41) is 0. The Hall–Kier alpha value is -1.57. The van der Waals surface area contributed by atoms with Crippen molar-refractivity contribution in [3.63, 3.8) is 0 Å². The monoisotopic (exact) mass is 232 g/mol. The first-order valence-corrected chi connectivity index (χ1v) is 5.96. The normalized spacial score (nSPS) is 13.3. The van der Waals surface area contributed by atoms with Gasteiger partial charge in [-0.25, -0.2) is 0 Å². The zero-order chi connectivity index (χ0) is 12.8. The van der Waals surface area contributed by atoms with E-state index in [0.717, 1.165) is 5.56 Å². The topological polar surface area (TPSA) is 26.3 Å². The number of hydrogen-bond acceptors (Lipinski definition) is 2. The number of ketones is 1. The number of ether oxygens (including phenoxy) is 1. The summed E-state index contributed by atoms with van der Waals surface area (Å²) in [7, 11) is 0. The summed E-state index contributed by atoms with van der Waals surface area (Å²) in [5.74, 6) is 0.126. The molecule has 0 spiro atoms. The second-order valence-electron chi connectivity index (χ2n) is 4.27. The second-order valence-corrected chi connectivity index (χ2v) is 4.27. The van der Waals surface area contributed by atoms with Crippen molar-refractivity contribution in [1.82, 2.24) is 0 Å². The van der Waals surface area contributed by atoms with Gasteiger partial charge < -0.3 is 4.74 Å². The zero-order valence-electron chi connectivity index (χ0n) is 11.0. The fourth-order valence-corrected chi connectivity index (χ4v) is 1.46. The highest BCUT2D eigenvalue weighted by Gasteiger charge is 2.06. The molecule has 1 aromatic carbocycles. The molecule has 0 aliphatic heterocycles. The molecule has 0 bridgehead atoms. The van der Waals surface area contributed by atoms with Crippen molar-refractivity contribution in [2.45, 2.75) is 40.2 Å². The molecule has 0 saturated heterocycles. The van der Waals surface area contributed by atoms with Gasteiger partial charge in [0, 0.05) is 12.0 Å². The van der Waals surface area contributed by atoms with Crippen molar-refractivity contribution < 1.29 is 9.53 Å². The van der Waals surface area contributed by atoms with Crippen molar-refractivity contribution in [2.24, 2.45) is 0 Å². The van der Waals surface area contributed by atoms with Crippen LogP contribution in [0, 0.1) is 6.92 Å². The molecule has 0 aromatic heterocycles. The summed E-state index contributed by atoms with van der Waals surface area (Å²) in [6.07, 6.45) is 2.05. The van der Waals surface area contributed by atoms with Crippen molar-refractivity contribution >= 4 is 5.78 Å². The van der Waals surface area contributed by atoms with Gasteiger partial charge in [0.1, 0.15) is 6.10 Å². The Bertz CT molecular complexity index is 401. The smallest absolute Gasteiger partial charge is 0.161 e. The van der Waals surface area contributed by atoms with E-state index < -0.39 is 0 Å². The SMILES string of the molecule is CCC(=O)/C(C)=C/O[C@H](C)c1ccc(C)cc1. The maximum absolute atomic E-state index is 11.4. The van der Waals surface area contributed by atoms with Gasteiger partial charge in [-0.05, 0) is 26.3 Å². The Labute approximate surface area is 103 Å². The average Bonchev–Trinajstić information content (AvgIpc) is 2.35. The van der Waals surface area contributed by atoms with Crippen LogP contribution in [0.1, 0.15) is 44.4 Å². The molecule has 2 nitrogen and oxygen atoms in total. The number of aryl methyl sites for hydroxylation is 1. The van der Waals surface area contributed by atoms with Crippen molar-refractivity contribution in [1.29, 1.82) is 0 Å². The van der Waals surface area contributed by atoms with E-state index >= 15 is 0 Å². The van der Waals surface area contributed by atoms with E-state index in [2.05, 4.69) is 19.1 Å². The van der Waals surface area contributed by atoms with Crippen molar-refractivity contribution in [3.8, 4) is 0 Å². The molecule has 1 rings (SSSR count). The highest BCUT2D eigenvalue weighted by Crippen LogP contribution is 2.18. The predicted molar refractivity (Wildman–Crippen MR) is 69.7 cm³/mol. The molecular weight excluding hydrogens is 212 g/mol. The summed E-state index contributed by atoms with van der Waals surface area (Å²) < 4.78 is 5.57. The summed E-state index contributed by atoms with van der Waals surface area (Å²) in [6.45, 7) is 7.67. The van der Waals surface area contributed by atoms with Crippen LogP contribution in [0.3, 0.4) is 0 Å². The number of benzene rings is 1. The van der Waals surface area contributed by atoms with E-state index in [4.69, 9.17) is 4.74 Å². The van der Waals surface area contributed by atoms with Crippen LogP contribution in [-0.4, -0.2) is 5.78 Å². The third kappa shape index (κ3) is 4.06. The van der Waals surface area contributed by atoms with Gasteiger partial charge >= 0.3 is 0 Å². The van der Waals surface area contributed by atoms with Gasteiger partial charge in [-0.3, -0.25) is 4.79 Å². The van der Waals surface area contributed by atoms with E-state index in [0.29, 0.717) is 12.0 Å². The molecule has 1 atom stereocenters. The van der Waals surface area contributed by atoms with Crippen LogP contribution < -0.4 is 0 Å². The minimum Gasteiger partial charge on any atom is -0.493 e. The van der Waals surface area contributed by atoms with Gasteiger partial charge in [0.2, 0.25) is 0 Å². The lowest BCUT2D eigenvalue weighted by Crippen LogP contribution is -2.00. The minimum absolute atomic E-state index is 0.0322. The number of rotatable bonds is 5. The first kappa shape index (κ1) is 13.5. The maximum atomic E-state index is 11.4. The summed E-state index contributed by atoms with van der Waals surface area (Å²) in [4.78, 5) is 11.4. The molecule has 0 N–H and O–H groups in total. The molecule has 0 unspecified atom stereocenters. The Morgan fingerprint density at radius 2 is 1.94 bits per heavy atom. The third-order valence-corrected chi connectivity index (χ3v) is 2.76. The van der Waals surface area contributed by atoms with Gasteiger partial charge in [-0.2, -0.15) is 0 Å². The molecule has 1 aromatic rings. The minimum atomic E-state index is -0.0322. The van der Waals surface area contributed by atoms with Gasteiger partial charge in [-0.1, -0.05) is 36.8 Å². The highest BCUT2D eigenvalue weighted by atomic mass is 16.5. The van der Waals surface area contributed by atoms with Crippen LogP contribution in [-0.2, 0) is 9.53 Å². The van der Waals surface area contributed by atoms with E-state index in [9.17, 15) is 4.79 Å². The molecule has 0 aliphatic carbocycles. The van der Waals surface area contributed by atoms with Gasteiger partial charge in [0.15, 0.2) is 5.78 Å². The molecule has 17 heavy (non-hydrogen) atoms.